The highest BCUT2D eigenvalue weighted by Gasteiger charge is 2.19. The van der Waals surface area contributed by atoms with Gasteiger partial charge in [0.25, 0.3) is 11.7 Å². The van der Waals surface area contributed by atoms with Crippen LogP contribution < -0.4 is 9.88 Å². The molecule has 4 heteroatoms. The maximum atomic E-state index is 11.8. The average molecular weight is 222 g/mol. The van der Waals surface area contributed by atoms with Crippen LogP contribution in [-0.4, -0.2) is 16.5 Å². The van der Waals surface area contributed by atoms with Crippen LogP contribution in [-0.2, 0) is 18.4 Å². The van der Waals surface area contributed by atoms with E-state index in [0.29, 0.717) is 12.6 Å². The van der Waals surface area contributed by atoms with E-state index >= 15 is 0 Å². The Kier molecular flexibility index (Phi) is 3.27. The molecule has 4 nitrogen and oxygen atoms in total. The first-order valence-electron chi connectivity index (χ1n) is 5.97. The zero-order chi connectivity index (χ0) is 11.5. The Hall–Kier alpha value is -1.32. The first-order chi connectivity index (χ1) is 7.66. The minimum atomic E-state index is 0.131. The maximum Gasteiger partial charge on any atom is 0.262 e. The Bertz CT molecular complexity index is 378. The minimum absolute atomic E-state index is 0.131. The standard InChI is InChI=1S/C12H19N3O/c1-10-14(2)7-8-15(10)9-12(16)13-11-5-3-4-6-11/h7-8,11H,3-6,9H2,1-2H3/p+1. The summed E-state index contributed by atoms with van der Waals surface area (Å²) in [5, 5.41) is 3.09. The molecule has 1 saturated carbocycles. The Morgan fingerprint density at radius 3 is 2.81 bits per heavy atom. The lowest BCUT2D eigenvalue weighted by atomic mass is 10.2. The van der Waals surface area contributed by atoms with Crippen molar-refractivity contribution in [1.29, 1.82) is 0 Å². The molecule has 1 aromatic heterocycles. The molecule has 0 aliphatic heterocycles. The number of carbonyl (C=O) groups excluding carboxylic acids is 1. The van der Waals surface area contributed by atoms with Gasteiger partial charge in [-0.25, -0.2) is 9.13 Å². The van der Waals surface area contributed by atoms with E-state index in [-0.39, 0.29) is 5.91 Å². The second-order valence-electron chi connectivity index (χ2n) is 4.63. The van der Waals surface area contributed by atoms with Crippen LogP contribution in [0.2, 0.25) is 0 Å². The highest BCUT2D eigenvalue weighted by molar-refractivity contribution is 5.76. The summed E-state index contributed by atoms with van der Waals surface area (Å²) in [6.45, 7) is 2.45. The van der Waals surface area contributed by atoms with Crippen LogP contribution in [0.4, 0.5) is 0 Å². The fraction of sp³-hybridized carbons (Fsp3) is 0.667. The molecule has 1 N–H and O–H groups in total. The molecular weight excluding hydrogens is 202 g/mol. The van der Waals surface area contributed by atoms with Gasteiger partial charge in [-0.2, -0.15) is 0 Å². The van der Waals surface area contributed by atoms with Gasteiger partial charge < -0.3 is 5.32 Å². The van der Waals surface area contributed by atoms with E-state index in [4.69, 9.17) is 0 Å². The van der Waals surface area contributed by atoms with Crippen LogP contribution in [0.15, 0.2) is 12.4 Å². The maximum absolute atomic E-state index is 11.8. The second-order valence-corrected chi connectivity index (χ2v) is 4.63. The number of amides is 1. The van der Waals surface area contributed by atoms with Crippen LogP contribution in [0.25, 0.3) is 0 Å². The minimum Gasteiger partial charge on any atom is -0.350 e. The number of aryl methyl sites for hydroxylation is 1. The Morgan fingerprint density at radius 1 is 1.56 bits per heavy atom. The molecule has 0 spiro atoms. The third kappa shape index (κ3) is 2.43. The summed E-state index contributed by atoms with van der Waals surface area (Å²) in [6.07, 6.45) is 8.71. The highest BCUT2D eigenvalue weighted by Crippen LogP contribution is 2.17. The van der Waals surface area contributed by atoms with Crippen LogP contribution in [0.5, 0.6) is 0 Å². The molecule has 2 rings (SSSR count). The van der Waals surface area contributed by atoms with Crippen LogP contribution in [0.3, 0.4) is 0 Å². The van der Waals surface area contributed by atoms with Crippen LogP contribution >= 0.6 is 0 Å². The van der Waals surface area contributed by atoms with Gasteiger partial charge in [0.05, 0.1) is 7.05 Å². The molecule has 1 aliphatic rings. The van der Waals surface area contributed by atoms with Crippen molar-refractivity contribution >= 4 is 5.91 Å². The largest absolute Gasteiger partial charge is 0.350 e. The van der Waals surface area contributed by atoms with Crippen molar-refractivity contribution in [3.05, 3.63) is 18.2 Å². The highest BCUT2D eigenvalue weighted by atomic mass is 16.2. The van der Waals surface area contributed by atoms with E-state index in [2.05, 4.69) is 5.32 Å². The van der Waals surface area contributed by atoms with Gasteiger partial charge in [-0.3, -0.25) is 4.79 Å². The van der Waals surface area contributed by atoms with Crippen molar-refractivity contribution in [2.75, 3.05) is 0 Å². The summed E-state index contributed by atoms with van der Waals surface area (Å²) in [4.78, 5) is 11.8. The van der Waals surface area contributed by atoms with Gasteiger partial charge in [-0.1, -0.05) is 12.8 Å². The molecule has 1 fully saturated rings. The molecule has 0 aromatic carbocycles. The monoisotopic (exact) mass is 222 g/mol. The number of rotatable bonds is 3. The number of imidazole rings is 1. The first kappa shape index (κ1) is 11.2. The van der Waals surface area contributed by atoms with Crippen LogP contribution in [0.1, 0.15) is 31.5 Å². The normalized spacial score (nSPS) is 16.6. The Labute approximate surface area is 96.3 Å². The zero-order valence-corrected chi connectivity index (χ0v) is 10.1. The summed E-state index contributed by atoms with van der Waals surface area (Å²) in [7, 11) is 1.99. The number of hydrogen-bond acceptors (Lipinski definition) is 1. The SMILES string of the molecule is Cc1n(CC(=O)NC2CCCC2)cc[n+]1C. The zero-order valence-electron chi connectivity index (χ0n) is 10.1. The molecule has 0 saturated heterocycles. The van der Waals surface area contributed by atoms with Crippen molar-refractivity contribution in [2.45, 2.75) is 45.2 Å². The van der Waals surface area contributed by atoms with E-state index in [1.54, 1.807) is 0 Å². The molecule has 0 atom stereocenters. The van der Waals surface area contributed by atoms with E-state index in [0.717, 1.165) is 18.7 Å². The van der Waals surface area contributed by atoms with Gasteiger partial charge in [0.15, 0.2) is 6.54 Å². The quantitative estimate of drug-likeness (QED) is 0.750. The van der Waals surface area contributed by atoms with Gasteiger partial charge in [0.2, 0.25) is 0 Å². The van der Waals surface area contributed by atoms with Crippen molar-refractivity contribution in [3.8, 4) is 0 Å². The summed E-state index contributed by atoms with van der Waals surface area (Å²) in [5.74, 6) is 1.23. The molecule has 1 heterocycles. The Morgan fingerprint density at radius 2 is 2.25 bits per heavy atom. The predicted molar refractivity (Wildman–Crippen MR) is 60.7 cm³/mol. The molecule has 16 heavy (non-hydrogen) atoms. The smallest absolute Gasteiger partial charge is 0.262 e. The van der Waals surface area contributed by atoms with Crippen LogP contribution in [0, 0.1) is 6.92 Å². The lowest BCUT2D eigenvalue weighted by molar-refractivity contribution is -0.677. The molecule has 0 radical (unpaired) electrons. The number of hydrogen-bond donors (Lipinski definition) is 1. The third-order valence-corrected chi connectivity index (χ3v) is 3.43. The Balaban J connectivity index is 1.89. The van der Waals surface area contributed by atoms with E-state index in [9.17, 15) is 4.79 Å². The van der Waals surface area contributed by atoms with Crippen molar-refractivity contribution in [1.82, 2.24) is 9.88 Å². The molecule has 1 aliphatic carbocycles. The molecule has 0 bridgehead atoms. The fourth-order valence-corrected chi connectivity index (χ4v) is 2.26. The first-order valence-corrected chi connectivity index (χ1v) is 5.97. The molecule has 88 valence electrons. The third-order valence-electron chi connectivity index (χ3n) is 3.43. The summed E-state index contributed by atoms with van der Waals surface area (Å²) in [6, 6.07) is 0.414. The van der Waals surface area contributed by atoms with E-state index < -0.39 is 0 Å². The van der Waals surface area contributed by atoms with Gasteiger partial charge in [0, 0.05) is 13.0 Å². The van der Waals surface area contributed by atoms with Crippen molar-refractivity contribution in [2.24, 2.45) is 7.05 Å². The fourth-order valence-electron chi connectivity index (χ4n) is 2.26. The lowest BCUT2D eigenvalue weighted by Crippen LogP contribution is -2.36. The number of nitrogens with one attached hydrogen (secondary N) is 1. The molecular formula is C12H20N3O+. The summed E-state index contributed by atoms with van der Waals surface area (Å²) in [5.41, 5.74) is 0. The summed E-state index contributed by atoms with van der Waals surface area (Å²) >= 11 is 0. The number of aromatic nitrogens is 2. The molecule has 1 aromatic rings. The average Bonchev–Trinajstić information content (AvgIpc) is 2.83. The van der Waals surface area contributed by atoms with Crippen molar-refractivity contribution < 1.29 is 9.36 Å². The second kappa shape index (κ2) is 4.68. The summed E-state index contributed by atoms with van der Waals surface area (Å²) < 4.78 is 3.99. The number of nitrogens with zero attached hydrogens (tertiary/aromatic N) is 2. The predicted octanol–water partition coefficient (Wildman–Crippen LogP) is 0.680. The van der Waals surface area contributed by atoms with Gasteiger partial charge in [-0.15, -0.1) is 0 Å². The van der Waals surface area contributed by atoms with E-state index in [1.807, 2.05) is 35.5 Å². The molecule has 1 amide bonds. The topological polar surface area (TPSA) is 37.9 Å². The van der Waals surface area contributed by atoms with Crippen molar-refractivity contribution in [3.63, 3.8) is 0 Å². The molecule has 0 unspecified atom stereocenters. The van der Waals surface area contributed by atoms with Gasteiger partial charge in [-0.05, 0) is 12.8 Å². The van der Waals surface area contributed by atoms with Gasteiger partial charge >= 0.3 is 0 Å². The van der Waals surface area contributed by atoms with E-state index in [1.165, 1.54) is 12.8 Å². The lowest BCUT2D eigenvalue weighted by Gasteiger charge is -2.10. The number of carbonyl (C=O) groups is 1. The van der Waals surface area contributed by atoms with Gasteiger partial charge in [0.1, 0.15) is 12.4 Å².